The molecule has 2 amide bonds. The first-order valence-corrected chi connectivity index (χ1v) is 7.55. The van der Waals surface area contributed by atoms with Crippen LogP contribution in [0.4, 0.5) is 13.2 Å². The van der Waals surface area contributed by atoms with Gasteiger partial charge in [-0.25, -0.2) is 5.06 Å². The van der Waals surface area contributed by atoms with E-state index in [9.17, 15) is 22.8 Å². The zero-order valence-corrected chi connectivity index (χ0v) is 13.5. The van der Waals surface area contributed by atoms with Crippen LogP contribution in [0.25, 0.3) is 0 Å². The van der Waals surface area contributed by atoms with Crippen molar-refractivity contribution in [3.05, 3.63) is 35.4 Å². The van der Waals surface area contributed by atoms with Gasteiger partial charge in [-0.15, -0.1) is 0 Å². The van der Waals surface area contributed by atoms with Gasteiger partial charge in [-0.05, 0) is 37.0 Å². The lowest BCUT2D eigenvalue weighted by molar-refractivity contribution is -0.189. The molecule has 1 heterocycles. The number of carbonyl (C=O) groups is 2. The maximum absolute atomic E-state index is 12.8. The Hall–Kier alpha value is -2.09. The molecule has 0 spiro atoms. The number of hydrogen-bond donors (Lipinski definition) is 0. The van der Waals surface area contributed by atoms with Crippen LogP contribution < -0.4 is 0 Å². The Morgan fingerprint density at radius 3 is 2.38 bits per heavy atom. The molecular formula is C16H19F3N2O3. The van der Waals surface area contributed by atoms with E-state index in [1.54, 1.807) is 12.1 Å². The zero-order chi connectivity index (χ0) is 17.9. The fourth-order valence-corrected chi connectivity index (χ4v) is 2.80. The van der Waals surface area contributed by atoms with Gasteiger partial charge in [0.25, 0.3) is 5.91 Å². The molecule has 132 valence electrons. The Labute approximate surface area is 137 Å². The van der Waals surface area contributed by atoms with Gasteiger partial charge in [0, 0.05) is 19.2 Å². The summed E-state index contributed by atoms with van der Waals surface area (Å²) < 4.78 is 38.3. The van der Waals surface area contributed by atoms with Crippen LogP contribution in [0.5, 0.6) is 0 Å². The van der Waals surface area contributed by atoms with Crippen molar-refractivity contribution in [1.29, 1.82) is 0 Å². The van der Waals surface area contributed by atoms with E-state index < -0.39 is 18.1 Å². The smallest absolute Gasteiger partial charge is 0.328 e. The number of benzene rings is 1. The average Bonchev–Trinajstić information content (AvgIpc) is 2.59. The molecule has 0 aromatic heterocycles. The van der Waals surface area contributed by atoms with Gasteiger partial charge in [-0.3, -0.25) is 14.4 Å². The number of halogens is 3. The number of likely N-dealkylation sites (tertiary alicyclic amines) is 1. The highest BCUT2D eigenvalue weighted by molar-refractivity contribution is 5.93. The van der Waals surface area contributed by atoms with Crippen molar-refractivity contribution in [2.75, 3.05) is 20.7 Å². The van der Waals surface area contributed by atoms with E-state index in [-0.39, 0.29) is 12.5 Å². The molecule has 2 rings (SSSR count). The molecule has 1 unspecified atom stereocenters. The summed E-state index contributed by atoms with van der Waals surface area (Å²) in [6.45, 7) is 0.0795. The lowest BCUT2D eigenvalue weighted by Crippen LogP contribution is -2.45. The molecular weight excluding hydrogens is 325 g/mol. The van der Waals surface area contributed by atoms with Crippen LogP contribution >= 0.6 is 0 Å². The van der Waals surface area contributed by atoms with E-state index in [0.29, 0.717) is 24.0 Å². The van der Waals surface area contributed by atoms with Gasteiger partial charge in [0.05, 0.1) is 13.2 Å². The number of amides is 2. The van der Waals surface area contributed by atoms with Gasteiger partial charge in [0.15, 0.2) is 0 Å². The molecule has 1 aliphatic heterocycles. The molecule has 1 saturated heterocycles. The monoisotopic (exact) mass is 344 g/mol. The second-order valence-corrected chi connectivity index (χ2v) is 5.62. The molecule has 0 bridgehead atoms. The molecule has 0 N–H and O–H groups in total. The summed E-state index contributed by atoms with van der Waals surface area (Å²) >= 11 is 0. The summed E-state index contributed by atoms with van der Waals surface area (Å²) in [4.78, 5) is 29.3. The Balaban J connectivity index is 2.22. The van der Waals surface area contributed by atoms with Crippen LogP contribution in [-0.2, 0) is 9.63 Å². The maximum Gasteiger partial charge on any atom is 0.471 e. The van der Waals surface area contributed by atoms with Crippen LogP contribution in [0, 0.1) is 0 Å². The Morgan fingerprint density at radius 1 is 1.21 bits per heavy atom. The Morgan fingerprint density at radius 2 is 1.83 bits per heavy atom. The van der Waals surface area contributed by atoms with Crippen molar-refractivity contribution in [1.82, 2.24) is 9.96 Å². The van der Waals surface area contributed by atoms with Crippen LogP contribution in [0.15, 0.2) is 24.3 Å². The fraction of sp³-hybridized carbons (Fsp3) is 0.500. The summed E-state index contributed by atoms with van der Waals surface area (Å²) in [6.07, 6.45) is -3.12. The molecule has 0 radical (unpaired) electrons. The molecule has 1 aromatic rings. The van der Waals surface area contributed by atoms with Crippen LogP contribution in [0.1, 0.15) is 41.2 Å². The largest absolute Gasteiger partial charge is 0.471 e. The highest BCUT2D eigenvalue weighted by Gasteiger charge is 2.45. The Kier molecular flexibility index (Phi) is 5.48. The molecule has 1 aliphatic rings. The third-order valence-corrected chi connectivity index (χ3v) is 4.11. The normalized spacial score (nSPS) is 18.4. The second kappa shape index (κ2) is 7.21. The highest BCUT2D eigenvalue weighted by atomic mass is 19.4. The van der Waals surface area contributed by atoms with Crippen LogP contribution in [0.2, 0.25) is 0 Å². The Bertz CT molecular complexity index is 602. The van der Waals surface area contributed by atoms with E-state index in [2.05, 4.69) is 0 Å². The summed E-state index contributed by atoms with van der Waals surface area (Å²) in [6, 6.07) is 5.60. The van der Waals surface area contributed by atoms with Gasteiger partial charge in [-0.1, -0.05) is 12.1 Å². The maximum atomic E-state index is 12.8. The number of hydrogen-bond acceptors (Lipinski definition) is 3. The molecule has 1 fully saturated rings. The minimum absolute atomic E-state index is 0.0795. The number of nitrogens with zero attached hydrogens (tertiary/aromatic N) is 2. The van der Waals surface area contributed by atoms with E-state index in [0.717, 1.165) is 16.4 Å². The number of hydroxylamine groups is 2. The summed E-state index contributed by atoms with van der Waals surface area (Å²) in [7, 11) is 2.82. The standard InChI is InChI=1S/C16H19F3N2O3/c1-20(24-2)14(22)12-8-6-11(7-9-12)13-5-3-4-10-21(13)15(23)16(17,18)19/h6-9,13H,3-5,10H2,1-2H3. The minimum Gasteiger partial charge on any atom is -0.328 e. The summed E-state index contributed by atoms with van der Waals surface area (Å²) in [5.41, 5.74) is 0.941. The van der Waals surface area contributed by atoms with E-state index in [1.807, 2.05) is 0 Å². The van der Waals surface area contributed by atoms with E-state index in [4.69, 9.17) is 4.84 Å². The number of piperidine rings is 1. The molecule has 0 saturated carbocycles. The van der Waals surface area contributed by atoms with Crippen LogP contribution in [0.3, 0.4) is 0 Å². The molecule has 8 heteroatoms. The van der Waals surface area contributed by atoms with E-state index in [1.165, 1.54) is 26.3 Å². The average molecular weight is 344 g/mol. The van der Waals surface area contributed by atoms with Gasteiger partial charge < -0.3 is 4.90 Å². The molecule has 1 atom stereocenters. The lowest BCUT2D eigenvalue weighted by atomic mass is 9.94. The molecule has 24 heavy (non-hydrogen) atoms. The predicted octanol–water partition coefficient (Wildman–Crippen LogP) is 2.94. The van der Waals surface area contributed by atoms with Crippen molar-refractivity contribution in [3.63, 3.8) is 0 Å². The van der Waals surface area contributed by atoms with Crippen molar-refractivity contribution >= 4 is 11.8 Å². The van der Waals surface area contributed by atoms with Gasteiger partial charge in [0.2, 0.25) is 0 Å². The van der Waals surface area contributed by atoms with Gasteiger partial charge >= 0.3 is 12.1 Å². The topological polar surface area (TPSA) is 49.9 Å². The molecule has 0 aliphatic carbocycles. The van der Waals surface area contributed by atoms with Crippen LogP contribution in [-0.4, -0.2) is 48.7 Å². The minimum atomic E-state index is -4.88. The van der Waals surface area contributed by atoms with Crippen molar-refractivity contribution in [2.24, 2.45) is 0 Å². The highest BCUT2D eigenvalue weighted by Crippen LogP contribution is 2.34. The predicted molar refractivity (Wildman–Crippen MR) is 79.9 cm³/mol. The second-order valence-electron chi connectivity index (χ2n) is 5.62. The number of carbonyl (C=O) groups excluding carboxylic acids is 2. The fourth-order valence-electron chi connectivity index (χ4n) is 2.80. The first kappa shape index (κ1) is 18.3. The first-order chi connectivity index (χ1) is 11.3. The van der Waals surface area contributed by atoms with E-state index >= 15 is 0 Å². The molecule has 1 aromatic carbocycles. The quantitative estimate of drug-likeness (QED) is 0.792. The summed E-state index contributed by atoms with van der Waals surface area (Å²) in [5.74, 6) is -2.18. The van der Waals surface area contributed by atoms with Crippen molar-refractivity contribution in [3.8, 4) is 0 Å². The SMILES string of the molecule is CON(C)C(=O)c1ccc(C2CCCCN2C(=O)C(F)(F)F)cc1. The summed E-state index contributed by atoms with van der Waals surface area (Å²) in [5, 5.41) is 1.05. The number of rotatable bonds is 3. The van der Waals surface area contributed by atoms with Gasteiger partial charge in [-0.2, -0.15) is 13.2 Å². The first-order valence-electron chi connectivity index (χ1n) is 7.55. The van der Waals surface area contributed by atoms with Gasteiger partial charge in [0.1, 0.15) is 0 Å². The van der Waals surface area contributed by atoms with Crippen molar-refractivity contribution in [2.45, 2.75) is 31.5 Å². The molecule has 5 nitrogen and oxygen atoms in total. The zero-order valence-electron chi connectivity index (χ0n) is 13.5. The van der Waals surface area contributed by atoms with Crippen molar-refractivity contribution < 1.29 is 27.6 Å². The third-order valence-electron chi connectivity index (χ3n) is 4.11. The third kappa shape index (κ3) is 3.87. The lowest BCUT2D eigenvalue weighted by Gasteiger charge is -2.36. The number of alkyl halides is 3.